The van der Waals surface area contributed by atoms with Gasteiger partial charge < -0.3 is 15.1 Å². The Labute approximate surface area is 196 Å². The lowest BCUT2D eigenvalue weighted by Gasteiger charge is -2.56. The van der Waals surface area contributed by atoms with Crippen molar-refractivity contribution in [2.75, 3.05) is 36.4 Å². The number of hydrogen-bond donors (Lipinski definition) is 1. The lowest BCUT2D eigenvalue weighted by atomic mass is 9.49. The highest BCUT2D eigenvalue weighted by Gasteiger charge is 2.51. The van der Waals surface area contributed by atoms with E-state index in [1.165, 1.54) is 38.5 Å². The van der Waals surface area contributed by atoms with Crippen LogP contribution in [0.5, 0.6) is 0 Å². The summed E-state index contributed by atoms with van der Waals surface area (Å²) < 4.78 is 0. The Morgan fingerprint density at radius 2 is 1.66 bits per heavy atom. The second-order valence-electron chi connectivity index (χ2n) is 10.9. The lowest BCUT2D eigenvalue weighted by Crippen LogP contribution is -2.48. The van der Waals surface area contributed by atoms with Crippen LogP contribution in [-0.2, 0) is 9.59 Å². The molecule has 1 aromatic rings. The fourth-order valence-electron chi connectivity index (χ4n) is 7.46. The largest absolute Gasteiger partial charge is 0.367 e. The molecule has 4 saturated carbocycles. The molecule has 32 heavy (non-hydrogen) atoms. The van der Waals surface area contributed by atoms with E-state index in [-0.39, 0.29) is 17.2 Å². The fraction of sp³-hybridized carbons (Fsp3) is 0.692. The monoisotopic (exact) mass is 457 g/mol. The Balaban J connectivity index is 1.17. The molecule has 5 nitrogen and oxygen atoms in total. The number of piperazine rings is 1. The molecule has 0 unspecified atom stereocenters. The predicted molar refractivity (Wildman–Crippen MR) is 129 cm³/mol. The minimum absolute atomic E-state index is 0.138. The molecule has 0 spiro atoms. The molecule has 6 rings (SSSR count). The molecule has 1 heterocycles. The van der Waals surface area contributed by atoms with Gasteiger partial charge in [0.15, 0.2) is 0 Å². The zero-order valence-corrected chi connectivity index (χ0v) is 20.0. The maximum atomic E-state index is 12.9. The fourth-order valence-corrected chi connectivity index (χ4v) is 7.76. The van der Waals surface area contributed by atoms with Crippen molar-refractivity contribution >= 4 is 34.8 Å². The van der Waals surface area contributed by atoms with Crippen molar-refractivity contribution in [3.05, 3.63) is 23.2 Å². The number of rotatable bonds is 6. The smallest absolute Gasteiger partial charge is 0.224 e. The molecule has 4 bridgehead atoms. The van der Waals surface area contributed by atoms with Gasteiger partial charge in [-0.25, -0.2) is 0 Å². The molecule has 0 radical (unpaired) electrons. The van der Waals surface area contributed by atoms with Gasteiger partial charge in [0, 0.05) is 44.7 Å². The number of nitrogens with one attached hydrogen (secondary N) is 1. The first-order valence-corrected chi connectivity index (χ1v) is 12.9. The third kappa shape index (κ3) is 4.50. The molecule has 5 aliphatic rings. The summed E-state index contributed by atoms with van der Waals surface area (Å²) in [4.78, 5) is 29.3. The van der Waals surface area contributed by atoms with Crippen LogP contribution >= 0.6 is 11.6 Å². The average Bonchev–Trinajstić information content (AvgIpc) is 2.73. The first kappa shape index (κ1) is 22.1. The number of benzene rings is 1. The highest BCUT2D eigenvalue weighted by molar-refractivity contribution is 6.33. The second kappa shape index (κ2) is 8.89. The molecule has 4 aliphatic carbocycles. The van der Waals surface area contributed by atoms with E-state index in [4.69, 9.17) is 11.6 Å². The topological polar surface area (TPSA) is 52.7 Å². The van der Waals surface area contributed by atoms with Gasteiger partial charge in [-0.2, -0.15) is 0 Å². The Hall–Kier alpha value is -1.75. The zero-order chi connectivity index (χ0) is 22.3. The number of halogens is 1. The molecule has 0 atom stereocenters. The van der Waals surface area contributed by atoms with Crippen LogP contribution in [0.15, 0.2) is 18.2 Å². The number of anilines is 2. The summed E-state index contributed by atoms with van der Waals surface area (Å²) in [5, 5.41) is 3.79. The Bertz CT molecular complexity index is 843. The highest BCUT2D eigenvalue weighted by Crippen LogP contribution is 2.61. The van der Waals surface area contributed by atoms with Crippen molar-refractivity contribution < 1.29 is 9.59 Å². The predicted octanol–water partition coefficient (Wildman–Crippen LogP) is 5.33. The van der Waals surface area contributed by atoms with Gasteiger partial charge in [-0.1, -0.05) is 18.5 Å². The molecule has 1 saturated heterocycles. The van der Waals surface area contributed by atoms with Gasteiger partial charge in [0.1, 0.15) is 0 Å². The van der Waals surface area contributed by atoms with Crippen molar-refractivity contribution in [2.24, 2.45) is 23.2 Å². The zero-order valence-electron chi connectivity index (χ0n) is 19.2. The lowest BCUT2D eigenvalue weighted by molar-refractivity contribution is -0.131. The van der Waals surface area contributed by atoms with Crippen molar-refractivity contribution in [3.8, 4) is 0 Å². The molecule has 0 aromatic heterocycles. The normalized spacial score (nSPS) is 31.1. The second-order valence-corrected chi connectivity index (χ2v) is 11.3. The maximum Gasteiger partial charge on any atom is 0.224 e. The third-order valence-corrected chi connectivity index (χ3v) is 8.67. The van der Waals surface area contributed by atoms with Gasteiger partial charge in [-0.3, -0.25) is 9.59 Å². The molecule has 6 heteroatoms. The summed E-state index contributed by atoms with van der Waals surface area (Å²) in [6.07, 6.45) is 10.1. The summed E-state index contributed by atoms with van der Waals surface area (Å²) in [5.41, 5.74) is 2.01. The van der Waals surface area contributed by atoms with Crippen LogP contribution in [0.25, 0.3) is 0 Å². The van der Waals surface area contributed by atoms with Gasteiger partial charge in [0.05, 0.1) is 10.7 Å². The maximum absolute atomic E-state index is 12.9. The number of hydrogen-bond acceptors (Lipinski definition) is 3. The summed E-state index contributed by atoms with van der Waals surface area (Å²) in [7, 11) is 0. The highest BCUT2D eigenvalue weighted by atomic mass is 35.5. The van der Waals surface area contributed by atoms with Gasteiger partial charge in [-0.15, -0.1) is 0 Å². The van der Waals surface area contributed by atoms with Crippen LogP contribution in [-0.4, -0.2) is 42.9 Å². The standard InChI is InChI=1S/C26H36ClN3O2/c1-2-3-25(32)30-8-6-29(7-9-30)23-5-4-21(13-22(23)27)28-24(31)17-26-14-18-10-19(15-26)12-20(11-18)16-26/h4-5,13,18-20H,2-3,6-12,14-17H2,1H3,(H,28,31). The van der Waals surface area contributed by atoms with Crippen LogP contribution in [0, 0.1) is 23.2 Å². The van der Waals surface area contributed by atoms with E-state index in [9.17, 15) is 9.59 Å². The van der Waals surface area contributed by atoms with Crippen LogP contribution in [0.1, 0.15) is 64.7 Å². The first-order chi connectivity index (χ1) is 15.4. The molecule has 174 valence electrons. The molecule has 1 aromatic carbocycles. The van der Waals surface area contributed by atoms with Crippen LogP contribution in [0.2, 0.25) is 5.02 Å². The molecule has 1 N–H and O–H groups in total. The Morgan fingerprint density at radius 1 is 1.03 bits per heavy atom. The minimum atomic E-state index is 0.138. The first-order valence-electron chi connectivity index (χ1n) is 12.6. The van der Waals surface area contributed by atoms with E-state index in [0.29, 0.717) is 17.9 Å². The average molecular weight is 458 g/mol. The summed E-state index contributed by atoms with van der Waals surface area (Å²) in [5.74, 6) is 2.97. The van der Waals surface area contributed by atoms with Gasteiger partial charge in [0.25, 0.3) is 0 Å². The number of nitrogens with zero attached hydrogens (tertiary/aromatic N) is 2. The van der Waals surface area contributed by atoms with E-state index in [1.54, 1.807) is 0 Å². The quantitative estimate of drug-likeness (QED) is 0.627. The van der Waals surface area contributed by atoms with Crippen LogP contribution in [0.3, 0.4) is 0 Å². The van der Waals surface area contributed by atoms with Crippen LogP contribution in [0.4, 0.5) is 11.4 Å². The number of carbonyl (C=O) groups is 2. The molecular weight excluding hydrogens is 422 g/mol. The van der Waals surface area contributed by atoms with E-state index in [2.05, 4.69) is 10.2 Å². The Kier molecular flexibility index (Phi) is 6.13. The molecule has 5 fully saturated rings. The Morgan fingerprint density at radius 3 is 2.22 bits per heavy atom. The summed E-state index contributed by atoms with van der Waals surface area (Å²) >= 11 is 6.62. The number of carbonyl (C=O) groups excluding carboxylic acids is 2. The van der Waals surface area contributed by atoms with E-state index < -0.39 is 0 Å². The third-order valence-electron chi connectivity index (χ3n) is 8.37. The van der Waals surface area contributed by atoms with Gasteiger partial charge in [0.2, 0.25) is 11.8 Å². The van der Waals surface area contributed by atoms with E-state index in [1.807, 2.05) is 30.0 Å². The SMILES string of the molecule is CCCC(=O)N1CCN(c2ccc(NC(=O)CC34CC5CC(CC(C5)C3)C4)cc2Cl)CC1. The van der Waals surface area contributed by atoms with Crippen molar-refractivity contribution in [2.45, 2.75) is 64.7 Å². The van der Waals surface area contributed by atoms with Crippen molar-refractivity contribution in [1.82, 2.24) is 4.90 Å². The summed E-state index contributed by atoms with van der Waals surface area (Å²) in [6, 6.07) is 5.85. The minimum Gasteiger partial charge on any atom is -0.367 e. The van der Waals surface area contributed by atoms with E-state index >= 15 is 0 Å². The van der Waals surface area contributed by atoms with Crippen molar-refractivity contribution in [1.29, 1.82) is 0 Å². The molecule has 2 amide bonds. The van der Waals surface area contributed by atoms with Gasteiger partial charge >= 0.3 is 0 Å². The van der Waals surface area contributed by atoms with Crippen LogP contribution < -0.4 is 10.2 Å². The molecular formula is C26H36ClN3O2. The summed E-state index contributed by atoms with van der Waals surface area (Å²) in [6.45, 7) is 5.08. The molecule has 1 aliphatic heterocycles. The van der Waals surface area contributed by atoms with E-state index in [0.717, 1.165) is 61.7 Å². The van der Waals surface area contributed by atoms with Crippen molar-refractivity contribution in [3.63, 3.8) is 0 Å². The van der Waals surface area contributed by atoms with Gasteiger partial charge in [-0.05, 0) is 86.3 Å². The number of amides is 2.